The molecule has 0 amide bonds. The van der Waals surface area contributed by atoms with Crippen molar-refractivity contribution in [3.8, 4) is 21.7 Å². The van der Waals surface area contributed by atoms with Gasteiger partial charge in [-0.2, -0.15) is 0 Å². The largest absolute Gasteiger partial charge is 0.244 e. The predicted octanol–water partition coefficient (Wildman–Crippen LogP) is 4.02. The van der Waals surface area contributed by atoms with Gasteiger partial charge in [0.25, 0.3) is 0 Å². The van der Waals surface area contributed by atoms with E-state index in [1.54, 1.807) is 48.0 Å². The second-order valence-corrected chi connectivity index (χ2v) is 7.68. The minimum Gasteiger partial charge on any atom is -0.244 e. The van der Waals surface area contributed by atoms with Crippen LogP contribution >= 0.6 is 11.3 Å². The van der Waals surface area contributed by atoms with E-state index in [4.69, 9.17) is 0 Å². The van der Waals surface area contributed by atoms with Crippen LogP contribution in [0.2, 0.25) is 0 Å². The zero-order chi connectivity index (χ0) is 15.7. The molecule has 3 aromatic rings. The molecule has 0 aliphatic carbocycles. The van der Waals surface area contributed by atoms with E-state index in [0.29, 0.717) is 11.3 Å². The second-order valence-electron chi connectivity index (χ2n) is 4.81. The lowest BCUT2D eigenvalue weighted by Gasteiger charge is -2.05. The molecule has 0 spiro atoms. The van der Waals surface area contributed by atoms with Crippen LogP contribution in [0, 0.1) is 5.82 Å². The van der Waals surface area contributed by atoms with Crippen molar-refractivity contribution in [2.45, 2.75) is 4.90 Å². The molecule has 0 fully saturated rings. The maximum Gasteiger partial charge on any atom is 0.175 e. The van der Waals surface area contributed by atoms with E-state index >= 15 is 0 Å². The summed E-state index contributed by atoms with van der Waals surface area (Å²) in [6, 6.07) is 13.0. The predicted molar refractivity (Wildman–Crippen MR) is 86.1 cm³/mol. The molecule has 112 valence electrons. The van der Waals surface area contributed by atoms with E-state index in [9.17, 15) is 12.8 Å². The van der Waals surface area contributed by atoms with Gasteiger partial charge in [-0.15, -0.1) is 11.3 Å². The van der Waals surface area contributed by atoms with Crippen LogP contribution in [0.4, 0.5) is 4.39 Å². The van der Waals surface area contributed by atoms with Crippen molar-refractivity contribution in [1.29, 1.82) is 0 Å². The third-order valence-electron chi connectivity index (χ3n) is 3.24. The average molecular weight is 333 g/mol. The third kappa shape index (κ3) is 2.80. The molecule has 0 saturated carbocycles. The van der Waals surface area contributed by atoms with Crippen molar-refractivity contribution in [1.82, 2.24) is 4.98 Å². The number of benzene rings is 2. The number of nitrogens with zero attached hydrogens (tertiary/aromatic N) is 1. The molecule has 1 heterocycles. The van der Waals surface area contributed by atoms with Gasteiger partial charge >= 0.3 is 0 Å². The molecule has 0 aliphatic heterocycles. The lowest BCUT2D eigenvalue weighted by molar-refractivity contribution is 0.602. The van der Waals surface area contributed by atoms with E-state index in [2.05, 4.69) is 4.98 Å². The molecule has 3 nitrogen and oxygen atoms in total. The summed E-state index contributed by atoms with van der Waals surface area (Å²) >= 11 is 1.39. The Morgan fingerprint density at radius 2 is 1.73 bits per heavy atom. The minimum atomic E-state index is -3.23. The molecule has 0 bridgehead atoms. The lowest BCUT2D eigenvalue weighted by atomic mass is 10.1. The number of hydrogen-bond acceptors (Lipinski definition) is 4. The lowest BCUT2D eigenvalue weighted by Crippen LogP contribution is -1.96. The summed E-state index contributed by atoms with van der Waals surface area (Å²) in [4.78, 5) is 5.32. The highest BCUT2D eigenvalue weighted by Crippen LogP contribution is 2.35. The number of sulfone groups is 1. The van der Waals surface area contributed by atoms with Crippen LogP contribution in [0.25, 0.3) is 21.7 Å². The Morgan fingerprint density at radius 1 is 1.05 bits per heavy atom. The molecule has 0 N–H and O–H groups in total. The van der Waals surface area contributed by atoms with Gasteiger partial charge in [-0.1, -0.05) is 24.3 Å². The molecule has 22 heavy (non-hydrogen) atoms. The van der Waals surface area contributed by atoms with Crippen LogP contribution in [0.15, 0.2) is 58.9 Å². The molecular weight excluding hydrogens is 321 g/mol. The molecule has 0 atom stereocenters. The van der Waals surface area contributed by atoms with Gasteiger partial charge in [-0.3, -0.25) is 0 Å². The van der Waals surface area contributed by atoms with Crippen molar-refractivity contribution >= 4 is 21.2 Å². The van der Waals surface area contributed by atoms with Gasteiger partial charge in [0.2, 0.25) is 0 Å². The van der Waals surface area contributed by atoms with Crippen LogP contribution in [0.5, 0.6) is 0 Å². The normalized spacial score (nSPS) is 11.5. The smallest absolute Gasteiger partial charge is 0.175 e. The highest BCUT2D eigenvalue weighted by molar-refractivity contribution is 7.90. The van der Waals surface area contributed by atoms with Crippen molar-refractivity contribution < 1.29 is 12.8 Å². The monoisotopic (exact) mass is 333 g/mol. The first-order chi connectivity index (χ1) is 10.5. The Bertz CT molecular complexity index is 915. The van der Waals surface area contributed by atoms with E-state index in [1.807, 2.05) is 0 Å². The first kappa shape index (κ1) is 14.9. The molecule has 3 rings (SSSR count). The first-order valence-electron chi connectivity index (χ1n) is 6.46. The topological polar surface area (TPSA) is 47.0 Å². The zero-order valence-electron chi connectivity index (χ0n) is 11.7. The number of thiazole rings is 1. The standard InChI is InChI=1S/C16H12FNO2S2/c1-22(19,20)12-8-6-11(7-9-12)16-15(18-10-21-16)13-4-2-3-5-14(13)17/h2-10H,1H3. The average Bonchev–Trinajstić information content (AvgIpc) is 2.96. The summed E-state index contributed by atoms with van der Waals surface area (Å²) < 4.78 is 37.0. The summed E-state index contributed by atoms with van der Waals surface area (Å²) in [5, 5.41) is 0. The number of hydrogen-bond donors (Lipinski definition) is 0. The Morgan fingerprint density at radius 3 is 2.36 bits per heavy atom. The van der Waals surface area contributed by atoms with Gasteiger partial charge in [-0.25, -0.2) is 17.8 Å². The Hall–Kier alpha value is -2.05. The highest BCUT2D eigenvalue weighted by atomic mass is 32.2. The summed E-state index contributed by atoms with van der Waals surface area (Å²) in [5.74, 6) is -0.331. The van der Waals surface area contributed by atoms with Crippen LogP contribution in [-0.2, 0) is 9.84 Å². The molecule has 0 radical (unpaired) electrons. The Labute approximate surface area is 132 Å². The molecule has 6 heteroatoms. The number of aromatic nitrogens is 1. The highest BCUT2D eigenvalue weighted by Gasteiger charge is 2.15. The van der Waals surface area contributed by atoms with Crippen molar-refractivity contribution in [2.75, 3.05) is 6.26 Å². The van der Waals surface area contributed by atoms with Gasteiger partial charge in [0, 0.05) is 11.8 Å². The van der Waals surface area contributed by atoms with Gasteiger partial charge in [-0.05, 0) is 29.8 Å². The molecule has 0 unspecified atom stereocenters. The molecule has 1 aromatic heterocycles. The van der Waals surface area contributed by atoms with Crippen LogP contribution < -0.4 is 0 Å². The number of rotatable bonds is 3. The summed E-state index contributed by atoms with van der Waals surface area (Å²) in [6.45, 7) is 0. The summed E-state index contributed by atoms with van der Waals surface area (Å²) in [6.07, 6.45) is 1.17. The fourth-order valence-corrected chi connectivity index (χ4v) is 3.59. The van der Waals surface area contributed by atoms with Crippen LogP contribution in [0.3, 0.4) is 0 Å². The van der Waals surface area contributed by atoms with Crippen LogP contribution in [0.1, 0.15) is 0 Å². The van der Waals surface area contributed by atoms with E-state index in [0.717, 1.165) is 10.4 Å². The Balaban J connectivity index is 2.08. The number of halogens is 1. The van der Waals surface area contributed by atoms with Crippen molar-refractivity contribution in [3.63, 3.8) is 0 Å². The second kappa shape index (κ2) is 5.62. The SMILES string of the molecule is CS(=O)(=O)c1ccc(-c2scnc2-c2ccccc2F)cc1. The first-order valence-corrected chi connectivity index (χ1v) is 9.23. The van der Waals surface area contributed by atoms with Gasteiger partial charge < -0.3 is 0 Å². The van der Waals surface area contributed by atoms with E-state index < -0.39 is 9.84 Å². The maximum atomic E-state index is 14.0. The van der Waals surface area contributed by atoms with Gasteiger partial charge in [0.1, 0.15) is 5.82 Å². The molecule has 0 saturated heterocycles. The summed E-state index contributed by atoms with van der Waals surface area (Å²) in [7, 11) is -3.23. The third-order valence-corrected chi connectivity index (χ3v) is 5.25. The minimum absolute atomic E-state index is 0.258. The van der Waals surface area contributed by atoms with E-state index in [1.165, 1.54) is 23.7 Å². The molecule has 0 aliphatic rings. The van der Waals surface area contributed by atoms with Crippen LogP contribution in [-0.4, -0.2) is 19.7 Å². The van der Waals surface area contributed by atoms with Crippen molar-refractivity contribution in [3.05, 3.63) is 59.9 Å². The van der Waals surface area contributed by atoms with Gasteiger partial charge in [0.15, 0.2) is 9.84 Å². The molecule has 2 aromatic carbocycles. The summed E-state index contributed by atoms with van der Waals surface area (Å²) in [5.41, 5.74) is 3.47. The maximum absolute atomic E-state index is 14.0. The van der Waals surface area contributed by atoms with Gasteiger partial charge in [0.05, 0.1) is 21.0 Å². The quantitative estimate of drug-likeness (QED) is 0.727. The fourth-order valence-electron chi connectivity index (χ4n) is 2.15. The Kier molecular flexibility index (Phi) is 3.80. The fraction of sp³-hybridized carbons (Fsp3) is 0.0625. The zero-order valence-corrected chi connectivity index (χ0v) is 13.3. The van der Waals surface area contributed by atoms with E-state index in [-0.39, 0.29) is 10.7 Å². The molecular formula is C16H12FNO2S2. The van der Waals surface area contributed by atoms with Crippen molar-refractivity contribution in [2.24, 2.45) is 0 Å².